The van der Waals surface area contributed by atoms with Gasteiger partial charge in [0.1, 0.15) is 5.69 Å². The van der Waals surface area contributed by atoms with E-state index in [-0.39, 0.29) is 11.4 Å². The van der Waals surface area contributed by atoms with Crippen LogP contribution in [0.1, 0.15) is 5.56 Å². The molecule has 1 aromatic carbocycles. The van der Waals surface area contributed by atoms with Gasteiger partial charge in [-0.3, -0.25) is 4.98 Å². The van der Waals surface area contributed by atoms with Crippen molar-refractivity contribution < 1.29 is 4.39 Å². The van der Waals surface area contributed by atoms with E-state index in [0.717, 1.165) is 0 Å². The normalized spacial score (nSPS) is 12.0. The predicted octanol–water partition coefficient (Wildman–Crippen LogP) is 5.01. The fourth-order valence-electron chi connectivity index (χ4n) is 1.80. The molecule has 1 aromatic heterocycles. The summed E-state index contributed by atoms with van der Waals surface area (Å²) >= 11 is 5.84. The monoisotopic (exact) mass is 320 g/mol. The summed E-state index contributed by atoms with van der Waals surface area (Å²) in [5.74, 6) is -0.491. The lowest BCUT2D eigenvalue weighted by molar-refractivity contribution is 0.630. The third-order valence-corrected chi connectivity index (χ3v) is 4.39. The number of aromatic nitrogens is 1. The highest BCUT2D eigenvalue weighted by Crippen LogP contribution is 2.28. The van der Waals surface area contributed by atoms with Gasteiger partial charge in [-0.15, -0.1) is 0 Å². The number of hydrogen-bond acceptors (Lipinski definition) is 2. The highest BCUT2D eigenvalue weighted by atomic mass is 35.5. The average Bonchev–Trinajstić information content (AvgIpc) is 2.41. The smallest absolute Gasteiger partial charge is 0.172 e. The fraction of sp³-hybridized carbons (Fsp3) is 0.188. The van der Waals surface area contributed by atoms with Crippen molar-refractivity contribution in [3.63, 3.8) is 0 Å². The van der Waals surface area contributed by atoms with Crippen LogP contribution in [0.25, 0.3) is 17.3 Å². The molecule has 0 unspecified atom stereocenters. The molecule has 0 saturated heterocycles. The Morgan fingerprint density at radius 3 is 2.38 bits per heavy atom. The molecule has 0 radical (unpaired) electrons. The van der Waals surface area contributed by atoms with E-state index >= 15 is 0 Å². The molecule has 2 nitrogen and oxygen atoms in total. The molecule has 0 fully saturated rings. The molecular weight excluding hydrogens is 303 g/mol. The van der Waals surface area contributed by atoms with Gasteiger partial charge in [-0.1, -0.05) is 55.2 Å². The van der Waals surface area contributed by atoms with Crippen molar-refractivity contribution in [1.82, 2.24) is 4.98 Å². The summed E-state index contributed by atoms with van der Waals surface area (Å²) in [4.78, 5) is 4.21. The van der Waals surface area contributed by atoms with E-state index in [2.05, 4.69) is 30.3 Å². The summed E-state index contributed by atoms with van der Waals surface area (Å²) in [7, 11) is -1.37. The van der Waals surface area contributed by atoms with Crippen molar-refractivity contribution in [2.24, 2.45) is 0 Å². The molecule has 110 valence electrons. The Kier molecular flexibility index (Phi) is 4.49. The molecule has 0 aliphatic carbocycles. The number of nitrogens with zero attached hydrogens (tertiary/aromatic N) is 1. The summed E-state index contributed by atoms with van der Waals surface area (Å²) in [6.45, 7) is 6.60. The first-order valence-electron chi connectivity index (χ1n) is 6.67. The van der Waals surface area contributed by atoms with Gasteiger partial charge in [0.15, 0.2) is 5.82 Å². The minimum Gasteiger partial charge on any atom is -0.396 e. The fourth-order valence-corrected chi connectivity index (χ4v) is 2.60. The zero-order valence-corrected chi connectivity index (χ0v) is 14.1. The molecule has 1 heterocycles. The lowest BCUT2D eigenvalue weighted by Gasteiger charge is -2.10. The number of rotatable bonds is 3. The summed E-state index contributed by atoms with van der Waals surface area (Å²) in [5, 5.41) is 0.599. The molecule has 0 spiro atoms. The zero-order valence-electron chi connectivity index (χ0n) is 12.3. The van der Waals surface area contributed by atoms with Crippen molar-refractivity contribution in [2.75, 3.05) is 5.73 Å². The summed E-state index contributed by atoms with van der Waals surface area (Å²) in [6, 6.07) is 6.86. The third-order valence-electron chi connectivity index (χ3n) is 2.97. The molecule has 0 bridgehead atoms. The van der Waals surface area contributed by atoms with Crippen molar-refractivity contribution in [2.45, 2.75) is 19.6 Å². The number of anilines is 1. The van der Waals surface area contributed by atoms with Crippen LogP contribution < -0.4 is 5.73 Å². The van der Waals surface area contributed by atoms with Crippen LogP contribution in [-0.4, -0.2) is 13.1 Å². The quantitative estimate of drug-likeness (QED) is 0.807. The third kappa shape index (κ3) is 3.92. The first-order valence-corrected chi connectivity index (χ1v) is 10.6. The Morgan fingerprint density at radius 1 is 1.19 bits per heavy atom. The number of hydrogen-bond donors (Lipinski definition) is 1. The summed E-state index contributed by atoms with van der Waals surface area (Å²) in [5.41, 5.74) is 9.66. The van der Waals surface area contributed by atoms with E-state index in [1.165, 1.54) is 0 Å². The summed E-state index contributed by atoms with van der Waals surface area (Å²) in [6.07, 6.45) is 3.47. The maximum Gasteiger partial charge on any atom is 0.172 e. The first kappa shape index (κ1) is 15.7. The van der Waals surface area contributed by atoms with Gasteiger partial charge >= 0.3 is 0 Å². The zero-order chi connectivity index (χ0) is 15.6. The van der Waals surface area contributed by atoms with E-state index in [4.69, 9.17) is 17.3 Å². The minimum absolute atomic E-state index is 0.129. The largest absolute Gasteiger partial charge is 0.396 e. The van der Waals surface area contributed by atoms with Crippen molar-refractivity contribution >= 4 is 31.4 Å². The maximum atomic E-state index is 14.4. The lowest BCUT2D eigenvalue weighted by Crippen LogP contribution is -2.15. The van der Waals surface area contributed by atoms with E-state index in [0.29, 0.717) is 16.1 Å². The lowest BCUT2D eigenvalue weighted by atomic mass is 10.1. The van der Waals surface area contributed by atoms with Crippen molar-refractivity contribution in [1.29, 1.82) is 0 Å². The van der Waals surface area contributed by atoms with Crippen LogP contribution in [0, 0.1) is 5.82 Å². The highest BCUT2D eigenvalue weighted by Gasteiger charge is 2.14. The molecule has 0 aliphatic rings. The second-order valence-corrected chi connectivity index (χ2v) is 11.5. The Hall–Kier alpha value is -1.65. The van der Waals surface area contributed by atoms with Crippen LogP contribution in [0.5, 0.6) is 0 Å². The Bertz CT molecular complexity index is 676. The molecule has 21 heavy (non-hydrogen) atoms. The second kappa shape index (κ2) is 5.99. The molecule has 2 N–H and O–H groups in total. The van der Waals surface area contributed by atoms with E-state index in [1.54, 1.807) is 30.5 Å². The predicted molar refractivity (Wildman–Crippen MR) is 91.4 cm³/mol. The molecule has 0 amide bonds. The number of pyridine rings is 1. The molecular formula is C16H18ClFN2Si. The Morgan fingerprint density at radius 2 is 1.81 bits per heavy atom. The van der Waals surface area contributed by atoms with Crippen LogP contribution in [0.2, 0.25) is 24.7 Å². The number of benzene rings is 1. The highest BCUT2D eigenvalue weighted by molar-refractivity contribution is 6.81. The maximum absolute atomic E-state index is 14.4. The van der Waals surface area contributed by atoms with E-state index in [9.17, 15) is 4.39 Å². The van der Waals surface area contributed by atoms with Gasteiger partial charge in [0, 0.05) is 22.3 Å². The first-order chi connectivity index (χ1) is 9.78. The van der Waals surface area contributed by atoms with Crippen LogP contribution in [0.3, 0.4) is 0 Å². The van der Waals surface area contributed by atoms with Crippen LogP contribution in [0.4, 0.5) is 10.1 Å². The van der Waals surface area contributed by atoms with Gasteiger partial charge in [-0.05, 0) is 12.1 Å². The van der Waals surface area contributed by atoms with Crippen LogP contribution >= 0.6 is 11.6 Å². The SMILES string of the molecule is C[Si](C)(C)/C=C/c1cnc(-c2ccc(Cl)cc2)c(F)c1N. The van der Waals surface area contributed by atoms with E-state index < -0.39 is 13.9 Å². The molecule has 0 saturated carbocycles. The van der Waals surface area contributed by atoms with Gasteiger partial charge < -0.3 is 5.73 Å². The Labute approximate surface area is 130 Å². The molecule has 2 rings (SSSR count). The minimum atomic E-state index is -1.37. The van der Waals surface area contributed by atoms with Gasteiger partial charge in [0.2, 0.25) is 0 Å². The van der Waals surface area contributed by atoms with Gasteiger partial charge in [-0.25, -0.2) is 4.39 Å². The standard InChI is InChI=1S/C16H18ClFN2Si/c1-21(2,3)9-8-12-10-20-16(14(18)15(12)19)11-4-6-13(17)7-5-11/h4-10H,1-3H3,(H2,19,20)/b9-8+. The van der Waals surface area contributed by atoms with Crippen molar-refractivity contribution in [3.8, 4) is 11.3 Å². The molecule has 5 heteroatoms. The van der Waals surface area contributed by atoms with E-state index in [1.807, 2.05) is 6.08 Å². The number of halogens is 2. The summed E-state index contributed by atoms with van der Waals surface area (Å²) < 4.78 is 14.4. The average molecular weight is 321 g/mol. The number of nitrogens with two attached hydrogens (primary N) is 1. The van der Waals surface area contributed by atoms with Gasteiger partial charge in [-0.2, -0.15) is 0 Å². The van der Waals surface area contributed by atoms with Crippen molar-refractivity contribution in [3.05, 3.63) is 52.6 Å². The van der Waals surface area contributed by atoms with Gasteiger partial charge in [0.05, 0.1) is 13.8 Å². The molecule has 0 aliphatic heterocycles. The number of nitrogen functional groups attached to an aromatic ring is 1. The topological polar surface area (TPSA) is 38.9 Å². The van der Waals surface area contributed by atoms with Gasteiger partial charge in [0.25, 0.3) is 0 Å². The second-order valence-electron chi connectivity index (χ2n) is 6.00. The molecule has 0 atom stereocenters. The molecule has 2 aromatic rings. The van der Waals surface area contributed by atoms with Crippen LogP contribution in [0.15, 0.2) is 36.2 Å². The Balaban J connectivity index is 2.42. The van der Waals surface area contributed by atoms with Crippen LogP contribution in [-0.2, 0) is 0 Å².